The van der Waals surface area contributed by atoms with Gasteiger partial charge in [0.1, 0.15) is 11.8 Å². The largest absolute Gasteiger partial charge is 0.494 e. The monoisotopic (exact) mass is 500 g/mol. The predicted octanol–water partition coefficient (Wildman–Crippen LogP) is 6.02. The van der Waals surface area contributed by atoms with Crippen molar-refractivity contribution in [2.75, 3.05) is 6.61 Å². The van der Waals surface area contributed by atoms with Gasteiger partial charge in [0.25, 0.3) is 0 Å². The second kappa shape index (κ2) is 13.1. The van der Waals surface area contributed by atoms with Gasteiger partial charge in [0.2, 0.25) is 11.8 Å². The van der Waals surface area contributed by atoms with Crippen LogP contribution in [0.1, 0.15) is 55.9 Å². The van der Waals surface area contributed by atoms with Gasteiger partial charge in [-0.1, -0.05) is 77.9 Å². The molecule has 5 nitrogen and oxygen atoms in total. The summed E-state index contributed by atoms with van der Waals surface area (Å²) in [6.45, 7) is 10.7. The van der Waals surface area contributed by atoms with Crippen LogP contribution in [0.5, 0.6) is 5.75 Å². The number of rotatable bonds is 11. The van der Waals surface area contributed by atoms with Gasteiger partial charge in [-0.25, -0.2) is 0 Å². The van der Waals surface area contributed by atoms with E-state index in [1.54, 1.807) is 4.90 Å². The van der Waals surface area contributed by atoms with Gasteiger partial charge in [0.15, 0.2) is 0 Å². The molecule has 3 rings (SSSR count). The number of hydrogen-bond donors (Lipinski definition) is 1. The quantitative estimate of drug-likeness (QED) is 0.328. The number of nitrogens with zero attached hydrogens (tertiary/aromatic N) is 1. The molecule has 0 saturated heterocycles. The molecule has 0 aliphatic carbocycles. The van der Waals surface area contributed by atoms with Crippen molar-refractivity contribution in [1.82, 2.24) is 10.2 Å². The topological polar surface area (TPSA) is 58.6 Å². The molecule has 1 atom stereocenters. The molecule has 1 N–H and O–H groups in total. The summed E-state index contributed by atoms with van der Waals surface area (Å²) in [6, 6.07) is 25.3. The highest BCUT2D eigenvalue weighted by Gasteiger charge is 2.32. The fourth-order valence-corrected chi connectivity index (χ4v) is 4.09. The van der Waals surface area contributed by atoms with E-state index in [1.807, 2.05) is 113 Å². The van der Waals surface area contributed by atoms with Crippen molar-refractivity contribution in [3.8, 4) is 5.75 Å². The van der Waals surface area contributed by atoms with Crippen molar-refractivity contribution in [2.24, 2.45) is 0 Å². The number of carbonyl (C=O) groups excluding carboxylic acids is 2. The Kier molecular flexibility index (Phi) is 9.90. The first kappa shape index (κ1) is 28.0. The standard InChI is InChI=1S/C32H40N2O3/c1-24-13-17-27(18-14-24)23-34(30(35)12-9-21-37-28-19-15-25(2)16-20-28)29(31(36)33-32(3,4)5)22-26-10-7-6-8-11-26/h6-8,10-11,13-20,29H,9,12,21-23H2,1-5H3,(H,33,36)/t29-/m0/s1. The summed E-state index contributed by atoms with van der Waals surface area (Å²) in [5, 5.41) is 3.11. The van der Waals surface area contributed by atoms with Crippen LogP contribution in [-0.4, -0.2) is 34.9 Å². The number of amides is 2. The van der Waals surface area contributed by atoms with Gasteiger partial charge in [-0.05, 0) is 64.3 Å². The van der Waals surface area contributed by atoms with E-state index >= 15 is 0 Å². The molecule has 196 valence electrons. The first-order valence-corrected chi connectivity index (χ1v) is 13.0. The molecule has 0 saturated carbocycles. The molecule has 0 aliphatic rings. The van der Waals surface area contributed by atoms with Crippen LogP contribution in [0.4, 0.5) is 0 Å². The van der Waals surface area contributed by atoms with E-state index < -0.39 is 11.6 Å². The Bertz CT molecular complexity index is 1130. The van der Waals surface area contributed by atoms with Crippen molar-refractivity contribution in [2.45, 2.75) is 72.0 Å². The third-order valence-electron chi connectivity index (χ3n) is 6.07. The van der Waals surface area contributed by atoms with Gasteiger partial charge in [-0.15, -0.1) is 0 Å². The third kappa shape index (κ3) is 9.41. The minimum Gasteiger partial charge on any atom is -0.494 e. The van der Waals surface area contributed by atoms with Gasteiger partial charge < -0.3 is 15.0 Å². The molecule has 0 spiro atoms. The lowest BCUT2D eigenvalue weighted by atomic mass is 10.00. The number of ether oxygens (including phenoxy) is 1. The zero-order valence-corrected chi connectivity index (χ0v) is 22.8. The molecule has 0 radical (unpaired) electrons. The highest BCUT2D eigenvalue weighted by Crippen LogP contribution is 2.18. The SMILES string of the molecule is Cc1ccc(CN(C(=O)CCCOc2ccc(C)cc2)[C@@H](Cc2ccccc2)C(=O)NC(C)(C)C)cc1. The maximum atomic E-state index is 13.7. The first-order valence-electron chi connectivity index (χ1n) is 13.0. The van der Waals surface area contributed by atoms with E-state index in [4.69, 9.17) is 4.74 Å². The summed E-state index contributed by atoms with van der Waals surface area (Å²) in [6.07, 6.45) is 1.31. The summed E-state index contributed by atoms with van der Waals surface area (Å²) in [5.41, 5.74) is 3.93. The smallest absolute Gasteiger partial charge is 0.243 e. The maximum absolute atomic E-state index is 13.7. The summed E-state index contributed by atoms with van der Waals surface area (Å²) in [5.74, 6) is 0.590. The molecule has 2 amide bonds. The van der Waals surface area contributed by atoms with Crippen LogP contribution >= 0.6 is 0 Å². The third-order valence-corrected chi connectivity index (χ3v) is 6.07. The predicted molar refractivity (Wildman–Crippen MR) is 149 cm³/mol. The first-order chi connectivity index (χ1) is 17.6. The van der Waals surface area contributed by atoms with E-state index in [0.29, 0.717) is 32.4 Å². The van der Waals surface area contributed by atoms with E-state index in [2.05, 4.69) is 5.32 Å². The van der Waals surface area contributed by atoms with Crippen LogP contribution in [0.25, 0.3) is 0 Å². The second-order valence-electron chi connectivity index (χ2n) is 10.7. The van der Waals surface area contributed by atoms with E-state index in [9.17, 15) is 9.59 Å². The van der Waals surface area contributed by atoms with Crippen LogP contribution in [0, 0.1) is 13.8 Å². The Morgan fingerprint density at radius 3 is 2.03 bits per heavy atom. The van der Waals surface area contributed by atoms with Gasteiger partial charge in [0.05, 0.1) is 6.61 Å². The normalized spacial score (nSPS) is 12.0. The van der Waals surface area contributed by atoms with Gasteiger partial charge in [0, 0.05) is 24.9 Å². The molecule has 0 aromatic heterocycles. The maximum Gasteiger partial charge on any atom is 0.243 e. The van der Waals surface area contributed by atoms with Crippen molar-refractivity contribution in [3.05, 3.63) is 101 Å². The minimum atomic E-state index is -0.631. The Morgan fingerprint density at radius 2 is 1.43 bits per heavy atom. The number of benzene rings is 3. The molecule has 0 aliphatic heterocycles. The van der Waals surface area contributed by atoms with E-state index in [-0.39, 0.29) is 11.8 Å². The Balaban J connectivity index is 1.80. The number of carbonyl (C=O) groups is 2. The van der Waals surface area contributed by atoms with Crippen LogP contribution in [0.15, 0.2) is 78.9 Å². The summed E-state index contributed by atoms with van der Waals surface area (Å²) < 4.78 is 5.84. The van der Waals surface area contributed by atoms with Crippen LogP contribution in [-0.2, 0) is 22.6 Å². The molecule has 3 aromatic carbocycles. The summed E-state index contributed by atoms with van der Waals surface area (Å²) in [7, 11) is 0. The average molecular weight is 501 g/mol. The minimum absolute atomic E-state index is 0.0573. The highest BCUT2D eigenvalue weighted by molar-refractivity contribution is 5.88. The van der Waals surface area contributed by atoms with Crippen molar-refractivity contribution in [3.63, 3.8) is 0 Å². The Morgan fingerprint density at radius 1 is 0.838 bits per heavy atom. The highest BCUT2D eigenvalue weighted by atomic mass is 16.5. The zero-order chi connectivity index (χ0) is 26.8. The molecular formula is C32H40N2O3. The summed E-state index contributed by atoms with van der Waals surface area (Å²) >= 11 is 0. The lowest BCUT2D eigenvalue weighted by molar-refractivity contribution is -0.142. The van der Waals surface area contributed by atoms with Crippen LogP contribution in [0.3, 0.4) is 0 Å². The van der Waals surface area contributed by atoms with E-state index in [1.165, 1.54) is 5.56 Å². The van der Waals surface area contributed by atoms with Crippen molar-refractivity contribution >= 4 is 11.8 Å². The molecule has 0 unspecified atom stereocenters. The molecular weight excluding hydrogens is 460 g/mol. The number of aryl methyl sites for hydroxylation is 2. The van der Waals surface area contributed by atoms with E-state index in [0.717, 1.165) is 22.4 Å². The Labute approximate surface area is 221 Å². The van der Waals surface area contributed by atoms with Crippen molar-refractivity contribution in [1.29, 1.82) is 0 Å². The van der Waals surface area contributed by atoms with Gasteiger partial charge in [-0.2, -0.15) is 0 Å². The van der Waals surface area contributed by atoms with Crippen LogP contribution < -0.4 is 10.1 Å². The number of hydrogen-bond acceptors (Lipinski definition) is 3. The molecule has 0 heterocycles. The molecule has 5 heteroatoms. The molecule has 0 fully saturated rings. The lowest BCUT2D eigenvalue weighted by Crippen LogP contribution is -2.54. The Hall–Kier alpha value is -3.60. The lowest BCUT2D eigenvalue weighted by Gasteiger charge is -2.34. The van der Waals surface area contributed by atoms with Crippen LogP contribution in [0.2, 0.25) is 0 Å². The fraction of sp³-hybridized carbons (Fsp3) is 0.375. The van der Waals surface area contributed by atoms with Gasteiger partial charge >= 0.3 is 0 Å². The molecule has 0 bridgehead atoms. The zero-order valence-electron chi connectivity index (χ0n) is 22.8. The average Bonchev–Trinajstić information content (AvgIpc) is 2.85. The molecule has 3 aromatic rings. The summed E-state index contributed by atoms with van der Waals surface area (Å²) in [4.78, 5) is 29.0. The number of nitrogens with one attached hydrogen (secondary N) is 1. The van der Waals surface area contributed by atoms with Crippen molar-refractivity contribution < 1.29 is 14.3 Å². The fourth-order valence-electron chi connectivity index (χ4n) is 4.09. The van der Waals surface area contributed by atoms with Gasteiger partial charge in [-0.3, -0.25) is 9.59 Å². The second-order valence-corrected chi connectivity index (χ2v) is 10.7. The molecule has 37 heavy (non-hydrogen) atoms.